The summed E-state index contributed by atoms with van der Waals surface area (Å²) in [6, 6.07) is 5.14. The van der Waals surface area contributed by atoms with Crippen LogP contribution in [0.25, 0.3) is 0 Å². The molecular formula is C13H19N3O. The topological polar surface area (TPSA) is 81.1 Å². The third-order valence-electron chi connectivity index (χ3n) is 3.70. The Balaban J connectivity index is 2.04. The molecule has 0 radical (unpaired) electrons. The lowest BCUT2D eigenvalue weighted by atomic mass is 10.0. The molecule has 0 saturated heterocycles. The zero-order chi connectivity index (χ0) is 12.5. The Labute approximate surface area is 101 Å². The molecular weight excluding hydrogens is 214 g/mol. The van der Waals surface area contributed by atoms with Gasteiger partial charge < -0.3 is 16.8 Å². The summed E-state index contributed by atoms with van der Waals surface area (Å²) >= 11 is 0. The second kappa shape index (κ2) is 4.28. The zero-order valence-electron chi connectivity index (χ0n) is 10.1. The minimum absolute atomic E-state index is 0.449. The Morgan fingerprint density at radius 2 is 2.18 bits per heavy atom. The van der Waals surface area contributed by atoms with Gasteiger partial charge in [0, 0.05) is 12.1 Å². The van der Waals surface area contributed by atoms with Crippen molar-refractivity contribution < 1.29 is 4.79 Å². The summed E-state index contributed by atoms with van der Waals surface area (Å²) in [5.74, 6) is -0.449. The number of carbonyl (C=O) groups excluding carboxylic acids is 1. The van der Waals surface area contributed by atoms with Gasteiger partial charge in [-0.25, -0.2) is 0 Å². The van der Waals surface area contributed by atoms with Gasteiger partial charge in [-0.05, 0) is 42.9 Å². The molecule has 0 aliphatic heterocycles. The van der Waals surface area contributed by atoms with Gasteiger partial charge in [0.2, 0.25) is 5.91 Å². The molecule has 1 fully saturated rings. The van der Waals surface area contributed by atoms with Crippen molar-refractivity contribution in [3.63, 3.8) is 0 Å². The van der Waals surface area contributed by atoms with Crippen LogP contribution in [0.2, 0.25) is 0 Å². The SMILES string of the molecule is CCC1(CNc2ccc(C(N)=O)cc2N)CC1. The van der Waals surface area contributed by atoms with Gasteiger partial charge in [0.1, 0.15) is 0 Å². The number of rotatable bonds is 5. The van der Waals surface area contributed by atoms with Gasteiger partial charge in [-0.2, -0.15) is 0 Å². The van der Waals surface area contributed by atoms with Crippen molar-refractivity contribution >= 4 is 17.3 Å². The van der Waals surface area contributed by atoms with Gasteiger partial charge in [0.15, 0.2) is 0 Å². The van der Waals surface area contributed by atoms with Crippen molar-refractivity contribution in [3.8, 4) is 0 Å². The number of hydrogen-bond acceptors (Lipinski definition) is 3. The van der Waals surface area contributed by atoms with Crippen LogP contribution in [0.5, 0.6) is 0 Å². The second-order valence-electron chi connectivity index (χ2n) is 4.87. The van der Waals surface area contributed by atoms with Crippen molar-refractivity contribution in [2.45, 2.75) is 26.2 Å². The lowest BCUT2D eigenvalue weighted by Crippen LogP contribution is -2.16. The summed E-state index contributed by atoms with van der Waals surface area (Å²) < 4.78 is 0. The van der Waals surface area contributed by atoms with Crippen LogP contribution in [0.15, 0.2) is 18.2 Å². The molecule has 1 aromatic carbocycles. The Hall–Kier alpha value is -1.71. The average molecular weight is 233 g/mol. The Morgan fingerprint density at radius 1 is 1.47 bits per heavy atom. The van der Waals surface area contributed by atoms with E-state index in [1.807, 2.05) is 6.07 Å². The highest BCUT2D eigenvalue weighted by Crippen LogP contribution is 2.48. The van der Waals surface area contributed by atoms with Crippen LogP contribution in [0.4, 0.5) is 11.4 Å². The smallest absolute Gasteiger partial charge is 0.248 e. The molecule has 4 nitrogen and oxygen atoms in total. The van der Waals surface area contributed by atoms with Gasteiger partial charge >= 0.3 is 0 Å². The fourth-order valence-corrected chi connectivity index (χ4v) is 1.99. The van der Waals surface area contributed by atoms with Crippen LogP contribution in [0, 0.1) is 5.41 Å². The maximum atomic E-state index is 11.0. The van der Waals surface area contributed by atoms with E-state index in [1.54, 1.807) is 12.1 Å². The van der Waals surface area contributed by atoms with Gasteiger partial charge in [-0.3, -0.25) is 4.79 Å². The number of hydrogen-bond donors (Lipinski definition) is 3. The molecule has 1 amide bonds. The summed E-state index contributed by atoms with van der Waals surface area (Å²) in [4.78, 5) is 11.0. The van der Waals surface area contributed by atoms with E-state index in [0.29, 0.717) is 16.7 Å². The molecule has 0 bridgehead atoms. The monoisotopic (exact) mass is 233 g/mol. The van der Waals surface area contributed by atoms with E-state index in [2.05, 4.69) is 12.2 Å². The van der Waals surface area contributed by atoms with Crippen LogP contribution in [-0.2, 0) is 0 Å². The molecule has 0 aromatic heterocycles. The fraction of sp³-hybridized carbons (Fsp3) is 0.462. The highest BCUT2D eigenvalue weighted by atomic mass is 16.1. The van der Waals surface area contributed by atoms with Crippen molar-refractivity contribution in [1.29, 1.82) is 0 Å². The first-order valence-corrected chi connectivity index (χ1v) is 5.99. The Bertz CT molecular complexity index is 438. The number of nitrogen functional groups attached to an aromatic ring is 1. The molecule has 17 heavy (non-hydrogen) atoms. The lowest BCUT2D eigenvalue weighted by molar-refractivity contribution is 0.100. The van der Waals surface area contributed by atoms with E-state index in [-0.39, 0.29) is 0 Å². The third kappa shape index (κ3) is 2.52. The Kier molecular flexibility index (Phi) is 2.96. The molecule has 0 unspecified atom stereocenters. The van der Waals surface area contributed by atoms with E-state index in [1.165, 1.54) is 19.3 Å². The van der Waals surface area contributed by atoms with E-state index in [0.717, 1.165) is 12.2 Å². The summed E-state index contributed by atoms with van der Waals surface area (Å²) in [6.45, 7) is 3.16. The second-order valence-corrected chi connectivity index (χ2v) is 4.87. The number of amides is 1. The molecule has 4 heteroatoms. The third-order valence-corrected chi connectivity index (χ3v) is 3.70. The lowest BCUT2D eigenvalue weighted by Gasteiger charge is -2.16. The van der Waals surface area contributed by atoms with E-state index < -0.39 is 5.91 Å². The standard InChI is InChI=1S/C13H19N3O/c1-2-13(5-6-13)8-16-11-4-3-9(12(15)17)7-10(11)14/h3-4,7,16H,2,5-6,8,14H2,1H3,(H2,15,17). The van der Waals surface area contributed by atoms with Crippen LogP contribution in [0.3, 0.4) is 0 Å². The molecule has 5 N–H and O–H groups in total. The van der Waals surface area contributed by atoms with Crippen molar-refractivity contribution in [2.75, 3.05) is 17.6 Å². The highest BCUT2D eigenvalue weighted by Gasteiger charge is 2.40. The molecule has 0 heterocycles. The van der Waals surface area contributed by atoms with Gasteiger partial charge in [-0.15, -0.1) is 0 Å². The number of nitrogens with two attached hydrogens (primary N) is 2. The van der Waals surface area contributed by atoms with Gasteiger partial charge in [0.05, 0.1) is 11.4 Å². The maximum absolute atomic E-state index is 11.0. The maximum Gasteiger partial charge on any atom is 0.248 e. The van der Waals surface area contributed by atoms with Crippen molar-refractivity contribution in [1.82, 2.24) is 0 Å². The van der Waals surface area contributed by atoms with Crippen LogP contribution < -0.4 is 16.8 Å². The Morgan fingerprint density at radius 3 is 2.65 bits per heavy atom. The predicted octanol–water partition coefficient (Wildman–Crippen LogP) is 1.97. The minimum Gasteiger partial charge on any atom is -0.397 e. The summed E-state index contributed by atoms with van der Waals surface area (Å²) in [6.07, 6.45) is 3.77. The first kappa shape index (κ1) is 11.8. The number of carbonyl (C=O) groups is 1. The molecule has 1 saturated carbocycles. The van der Waals surface area contributed by atoms with Crippen molar-refractivity contribution in [3.05, 3.63) is 23.8 Å². The quantitative estimate of drug-likeness (QED) is 0.680. The van der Waals surface area contributed by atoms with E-state index >= 15 is 0 Å². The largest absolute Gasteiger partial charge is 0.397 e. The summed E-state index contributed by atoms with van der Waals surface area (Å²) in [5, 5.41) is 3.36. The normalized spacial score (nSPS) is 16.5. The fourth-order valence-electron chi connectivity index (χ4n) is 1.99. The van der Waals surface area contributed by atoms with Gasteiger partial charge in [0.25, 0.3) is 0 Å². The number of anilines is 2. The number of benzene rings is 1. The zero-order valence-corrected chi connectivity index (χ0v) is 10.1. The van der Waals surface area contributed by atoms with E-state index in [4.69, 9.17) is 11.5 Å². The van der Waals surface area contributed by atoms with Crippen LogP contribution >= 0.6 is 0 Å². The molecule has 0 spiro atoms. The molecule has 0 atom stereocenters. The molecule has 92 valence electrons. The molecule has 1 aromatic rings. The van der Waals surface area contributed by atoms with Gasteiger partial charge in [-0.1, -0.05) is 6.92 Å². The first-order valence-electron chi connectivity index (χ1n) is 5.99. The minimum atomic E-state index is -0.449. The van der Waals surface area contributed by atoms with E-state index in [9.17, 15) is 4.79 Å². The molecule has 2 rings (SSSR count). The van der Waals surface area contributed by atoms with Crippen LogP contribution in [0.1, 0.15) is 36.5 Å². The summed E-state index contributed by atoms with van der Waals surface area (Å²) in [7, 11) is 0. The number of nitrogens with one attached hydrogen (secondary N) is 1. The number of primary amides is 1. The molecule has 1 aliphatic carbocycles. The predicted molar refractivity (Wildman–Crippen MR) is 69.8 cm³/mol. The highest BCUT2D eigenvalue weighted by molar-refractivity contribution is 5.94. The average Bonchev–Trinajstić information content (AvgIpc) is 3.08. The molecule has 1 aliphatic rings. The van der Waals surface area contributed by atoms with Crippen LogP contribution in [-0.4, -0.2) is 12.5 Å². The summed E-state index contributed by atoms with van der Waals surface area (Å²) in [5.41, 5.74) is 13.4. The first-order chi connectivity index (χ1) is 8.06. The van der Waals surface area contributed by atoms with Crippen molar-refractivity contribution in [2.24, 2.45) is 11.1 Å².